The number of anilines is 1. The highest BCUT2D eigenvalue weighted by Gasteiger charge is 2.11. The maximum Gasteiger partial charge on any atom is 0.162 e. The summed E-state index contributed by atoms with van der Waals surface area (Å²) in [5, 5.41) is 13.0. The Morgan fingerprint density at radius 1 is 1.15 bits per heavy atom. The van der Waals surface area contributed by atoms with Crippen LogP contribution in [0, 0.1) is 6.92 Å². The predicted molar refractivity (Wildman–Crippen MR) is 116 cm³/mol. The van der Waals surface area contributed by atoms with Crippen molar-refractivity contribution in [1.29, 1.82) is 0 Å². The van der Waals surface area contributed by atoms with Crippen LogP contribution in [0.15, 0.2) is 81.7 Å². The van der Waals surface area contributed by atoms with Crippen LogP contribution in [0.4, 0.5) is 5.69 Å². The van der Waals surface area contributed by atoms with E-state index in [0.717, 1.165) is 34.5 Å². The zero-order valence-corrected chi connectivity index (χ0v) is 17.0. The fourth-order valence-electron chi connectivity index (χ4n) is 2.58. The molecule has 0 aliphatic heterocycles. The van der Waals surface area contributed by atoms with Crippen LogP contribution in [-0.2, 0) is 6.54 Å². The third-order valence-electron chi connectivity index (χ3n) is 4.12. The Labute approximate surface area is 168 Å². The summed E-state index contributed by atoms with van der Waals surface area (Å²) in [4.78, 5) is 2.05. The fourth-order valence-corrected chi connectivity index (χ4v) is 2.85. The molecule has 0 N–H and O–H groups in total. The van der Waals surface area contributed by atoms with Gasteiger partial charge in [-0.2, -0.15) is 10.2 Å². The molecule has 0 saturated carbocycles. The summed E-state index contributed by atoms with van der Waals surface area (Å²) in [6.45, 7) is 2.87. The van der Waals surface area contributed by atoms with Gasteiger partial charge < -0.3 is 4.90 Å². The van der Waals surface area contributed by atoms with E-state index in [2.05, 4.69) is 62.4 Å². The predicted octanol–water partition coefficient (Wildman–Crippen LogP) is 4.91. The van der Waals surface area contributed by atoms with Crippen LogP contribution in [0.25, 0.3) is 0 Å². The Hall–Kier alpha value is -2.73. The normalized spacial score (nSPS) is 11.9. The van der Waals surface area contributed by atoms with E-state index in [0.29, 0.717) is 0 Å². The largest absolute Gasteiger partial charge is 0.327 e. The molecule has 0 bridgehead atoms. The summed E-state index contributed by atoms with van der Waals surface area (Å²) in [5.41, 5.74) is 3.30. The number of halogens is 1. The van der Waals surface area contributed by atoms with Crippen LogP contribution < -0.4 is 4.90 Å². The summed E-state index contributed by atoms with van der Waals surface area (Å²) in [5.74, 6) is 0.793. The van der Waals surface area contributed by atoms with Crippen LogP contribution in [0.3, 0.4) is 0 Å². The molecule has 0 aliphatic carbocycles. The van der Waals surface area contributed by atoms with Crippen LogP contribution in [0.5, 0.6) is 0 Å². The van der Waals surface area contributed by atoms with E-state index < -0.39 is 0 Å². The number of hydrogen-bond donors (Lipinski definition) is 0. The van der Waals surface area contributed by atoms with Crippen molar-refractivity contribution >= 4 is 33.7 Å². The van der Waals surface area contributed by atoms with Crippen molar-refractivity contribution < 1.29 is 0 Å². The average molecular weight is 424 g/mol. The highest BCUT2D eigenvalue weighted by molar-refractivity contribution is 9.10. The van der Waals surface area contributed by atoms with Crippen LogP contribution in [0.2, 0.25) is 0 Å². The molecular formula is C21H22BrN5. The molecule has 0 radical (unpaired) electrons. The molecule has 3 aromatic rings. The first-order chi connectivity index (χ1) is 13.1. The summed E-state index contributed by atoms with van der Waals surface area (Å²) >= 11 is 3.49. The van der Waals surface area contributed by atoms with Crippen LogP contribution in [0.1, 0.15) is 17.5 Å². The lowest BCUT2D eigenvalue weighted by atomic mass is 10.1. The first-order valence-electron chi connectivity index (χ1n) is 8.77. The van der Waals surface area contributed by atoms with Gasteiger partial charge in [0.2, 0.25) is 0 Å². The third kappa shape index (κ3) is 5.37. The lowest BCUT2D eigenvalue weighted by Gasteiger charge is -2.21. The first kappa shape index (κ1) is 19.0. The number of amidine groups is 1. The molecule has 0 saturated heterocycles. The highest BCUT2D eigenvalue weighted by Crippen LogP contribution is 2.19. The zero-order chi connectivity index (χ0) is 19.1. The van der Waals surface area contributed by atoms with Gasteiger partial charge in [-0.3, -0.25) is 4.68 Å². The van der Waals surface area contributed by atoms with Crippen LogP contribution in [-0.4, -0.2) is 28.9 Å². The number of hydrogen-bond acceptors (Lipinski definition) is 3. The molecule has 3 rings (SSSR count). The van der Waals surface area contributed by atoms with Gasteiger partial charge >= 0.3 is 0 Å². The maximum absolute atomic E-state index is 4.51. The summed E-state index contributed by atoms with van der Waals surface area (Å²) in [7, 11) is 2.00. The number of nitrogens with zero attached hydrogens (tertiary/aromatic N) is 5. The minimum atomic E-state index is 0.771. The van der Waals surface area contributed by atoms with E-state index in [1.165, 1.54) is 5.56 Å². The minimum absolute atomic E-state index is 0.771. The van der Waals surface area contributed by atoms with Crippen molar-refractivity contribution in [1.82, 2.24) is 9.78 Å². The van der Waals surface area contributed by atoms with E-state index in [1.807, 2.05) is 59.4 Å². The monoisotopic (exact) mass is 423 g/mol. The molecule has 138 valence electrons. The summed E-state index contributed by atoms with van der Waals surface area (Å²) in [6, 6.07) is 18.4. The molecular weight excluding hydrogens is 402 g/mol. The third-order valence-corrected chi connectivity index (χ3v) is 4.65. The highest BCUT2D eigenvalue weighted by atomic mass is 79.9. The number of benzene rings is 2. The molecule has 0 unspecified atom stereocenters. The van der Waals surface area contributed by atoms with E-state index in [4.69, 9.17) is 0 Å². The Morgan fingerprint density at radius 2 is 1.89 bits per heavy atom. The van der Waals surface area contributed by atoms with Gasteiger partial charge in [-0.05, 0) is 37.3 Å². The van der Waals surface area contributed by atoms with Crippen molar-refractivity contribution in [3.05, 3.63) is 82.6 Å². The quantitative estimate of drug-likeness (QED) is 0.321. The second kappa shape index (κ2) is 9.28. The molecule has 27 heavy (non-hydrogen) atoms. The molecule has 6 heteroatoms. The smallest absolute Gasteiger partial charge is 0.162 e. The molecule has 1 aromatic heterocycles. The van der Waals surface area contributed by atoms with Gasteiger partial charge in [0.1, 0.15) is 0 Å². The van der Waals surface area contributed by atoms with Crippen molar-refractivity contribution in [3.63, 3.8) is 0 Å². The van der Waals surface area contributed by atoms with Gasteiger partial charge in [0.05, 0.1) is 0 Å². The van der Waals surface area contributed by atoms with Crippen LogP contribution >= 0.6 is 15.9 Å². The first-order valence-corrected chi connectivity index (χ1v) is 9.56. The second-order valence-corrected chi connectivity index (χ2v) is 7.10. The Morgan fingerprint density at radius 3 is 2.56 bits per heavy atom. The maximum atomic E-state index is 4.51. The van der Waals surface area contributed by atoms with Gasteiger partial charge in [-0.1, -0.05) is 45.8 Å². The zero-order valence-electron chi connectivity index (χ0n) is 15.5. The standard InChI is InChI=1S/C21H22BrN5/c1-17-5-11-20(12-6-17)26(2)21(18-7-9-19(22)10-8-18)25-23-13-3-15-27-16-4-14-24-27/h4-14,16H,3,15H2,1-2H3/b23-13+,25-21-. The average Bonchev–Trinajstić information content (AvgIpc) is 3.19. The number of aryl methyl sites for hydroxylation is 2. The summed E-state index contributed by atoms with van der Waals surface area (Å²) < 4.78 is 2.91. The fraction of sp³-hybridized carbons (Fsp3) is 0.190. The Bertz CT molecular complexity index is 897. The van der Waals surface area contributed by atoms with E-state index in [9.17, 15) is 0 Å². The molecule has 2 aromatic carbocycles. The molecule has 0 fully saturated rings. The summed E-state index contributed by atoms with van der Waals surface area (Å²) in [6.07, 6.45) is 6.31. The van der Waals surface area contributed by atoms with Crippen molar-refractivity contribution in [2.24, 2.45) is 10.2 Å². The molecule has 1 heterocycles. The van der Waals surface area contributed by atoms with Crippen molar-refractivity contribution in [2.45, 2.75) is 19.9 Å². The molecule has 0 spiro atoms. The van der Waals surface area contributed by atoms with Gasteiger partial charge in [-0.15, -0.1) is 5.10 Å². The van der Waals surface area contributed by atoms with Crippen molar-refractivity contribution in [3.8, 4) is 0 Å². The topological polar surface area (TPSA) is 45.8 Å². The SMILES string of the molecule is Cc1ccc(N(C)/C(=N\N=C\CCn2cccn2)c2ccc(Br)cc2)cc1. The van der Waals surface area contributed by atoms with Gasteiger partial charge in [0.25, 0.3) is 0 Å². The second-order valence-electron chi connectivity index (χ2n) is 6.18. The van der Waals surface area contributed by atoms with E-state index >= 15 is 0 Å². The lowest BCUT2D eigenvalue weighted by Crippen LogP contribution is -2.27. The van der Waals surface area contributed by atoms with Gasteiger partial charge in [0.15, 0.2) is 5.84 Å². The Kier molecular flexibility index (Phi) is 6.54. The number of aromatic nitrogens is 2. The molecule has 0 atom stereocenters. The minimum Gasteiger partial charge on any atom is -0.327 e. The molecule has 5 nitrogen and oxygen atoms in total. The van der Waals surface area contributed by atoms with E-state index in [-0.39, 0.29) is 0 Å². The number of rotatable bonds is 6. The molecule has 0 amide bonds. The molecule has 0 aliphatic rings. The Balaban J connectivity index is 1.80. The van der Waals surface area contributed by atoms with Crippen molar-refractivity contribution in [2.75, 3.05) is 11.9 Å². The van der Waals surface area contributed by atoms with Gasteiger partial charge in [0, 0.05) is 54.3 Å². The van der Waals surface area contributed by atoms with E-state index in [1.54, 1.807) is 6.20 Å². The lowest BCUT2D eigenvalue weighted by molar-refractivity contribution is 0.637. The van der Waals surface area contributed by atoms with Gasteiger partial charge in [-0.25, -0.2) is 0 Å².